The van der Waals surface area contributed by atoms with Gasteiger partial charge in [-0.25, -0.2) is 4.79 Å². The van der Waals surface area contributed by atoms with E-state index in [4.69, 9.17) is 15.1 Å². The van der Waals surface area contributed by atoms with E-state index in [1.165, 1.54) is 6.08 Å². The van der Waals surface area contributed by atoms with Crippen molar-refractivity contribution in [1.82, 2.24) is 4.57 Å². The lowest BCUT2D eigenvalue weighted by atomic mass is 10.1. The Morgan fingerprint density at radius 2 is 2.25 bits per heavy atom. The minimum Gasteiger partial charge on any atom is -0.497 e. The SMILES string of the molecule is COC1=CCC(n2cc(/C=C(\C#N)C(=O)O)c3ccccc32)C=C1. The van der Waals surface area contributed by atoms with E-state index >= 15 is 0 Å². The van der Waals surface area contributed by atoms with Crippen molar-refractivity contribution in [3.8, 4) is 6.07 Å². The van der Waals surface area contributed by atoms with Crippen LogP contribution in [0.1, 0.15) is 18.0 Å². The van der Waals surface area contributed by atoms with E-state index in [9.17, 15) is 4.79 Å². The molecule has 5 nitrogen and oxygen atoms in total. The van der Waals surface area contributed by atoms with Crippen LogP contribution in [0.3, 0.4) is 0 Å². The van der Waals surface area contributed by atoms with Crippen LogP contribution in [-0.2, 0) is 9.53 Å². The maximum absolute atomic E-state index is 11.1. The molecule has 2 aromatic rings. The van der Waals surface area contributed by atoms with Gasteiger partial charge in [-0.15, -0.1) is 0 Å². The molecule has 1 unspecified atom stereocenters. The van der Waals surface area contributed by atoms with Gasteiger partial charge in [0.1, 0.15) is 17.4 Å². The predicted octanol–water partition coefficient (Wildman–Crippen LogP) is 3.66. The molecule has 1 aliphatic carbocycles. The maximum Gasteiger partial charge on any atom is 0.346 e. The number of hydrogen-bond donors (Lipinski definition) is 1. The van der Waals surface area contributed by atoms with Crippen LogP contribution in [0.15, 0.2) is 60.0 Å². The summed E-state index contributed by atoms with van der Waals surface area (Å²) in [6.07, 6.45) is 10.1. The van der Waals surface area contributed by atoms with Gasteiger partial charge in [0, 0.05) is 22.7 Å². The third kappa shape index (κ3) is 2.82. The number of aromatic nitrogens is 1. The van der Waals surface area contributed by atoms with Gasteiger partial charge in [-0.2, -0.15) is 5.26 Å². The molecule has 1 aromatic heterocycles. The molecule has 3 rings (SSSR count). The summed E-state index contributed by atoms with van der Waals surface area (Å²) >= 11 is 0. The van der Waals surface area contributed by atoms with Crippen LogP contribution in [0.25, 0.3) is 17.0 Å². The molecule has 1 atom stereocenters. The van der Waals surface area contributed by atoms with Gasteiger partial charge in [-0.05, 0) is 30.7 Å². The number of aliphatic carboxylic acids is 1. The highest BCUT2D eigenvalue weighted by molar-refractivity contribution is 6.00. The molecule has 24 heavy (non-hydrogen) atoms. The molecule has 0 radical (unpaired) electrons. The fourth-order valence-corrected chi connectivity index (χ4v) is 2.87. The van der Waals surface area contributed by atoms with E-state index in [1.807, 2.05) is 42.6 Å². The van der Waals surface area contributed by atoms with Crippen LogP contribution in [0.4, 0.5) is 0 Å². The quantitative estimate of drug-likeness (QED) is 0.689. The zero-order valence-electron chi connectivity index (χ0n) is 13.1. The van der Waals surface area contributed by atoms with Gasteiger partial charge in [0.15, 0.2) is 0 Å². The first kappa shape index (κ1) is 15.6. The van der Waals surface area contributed by atoms with E-state index in [0.717, 1.165) is 28.6 Å². The van der Waals surface area contributed by atoms with E-state index in [-0.39, 0.29) is 11.6 Å². The number of para-hydroxylation sites is 1. The second kappa shape index (κ2) is 6.47. The zero-order chi connectivity index (χ0) is 17.1. The van der Waals surface area contributed by atoms with Gasteiger partial charge in [0.2, 0.25) is 0 Å². The first-order valence-electron chi connectivity index (χ1n) is 7.51. The molecule has 120 valence electrons. The lowest BCUT2D eigenvalue weighted by molar-refractivity contribution is -0.132. The standard InChI is InChI=1S/C19H16N2O3/c1-24-16-8-6-15(7-9-16)21-12-14(10-13(11-20)19(22)23)17-4-2-3-5-18(17)21/h2-6,8-10,12,15H,7H2,1H3,(H,22,23)/b13-10+. The van der Waals surface area contributed by atoms with Crippen molar-refractivity contribution in [2.24, 2.45) is 0 Å². The predicted molar refractivity (Wildman–Crippen MR) is 91.0 cm³/mol. The number of allylic oxidation sites excluding steroid dienone is 3. The number of hydrogen-bond acceptors (Lipinski definition) is 3. The summed E-state index contributed by atoms with van der Waals surface area (Å²) in [7, 11) is 1.64. The molecule has 0 fully saturated rings. The van der Waals surface area contributed by atoms with Gasteiger partial charge in [0.05, 0.1) is 13.2 Å². The summed E-state index contributed by atoms with van der Waals surface area (Å²) in [4.78, 5) is 11.1. The first-order valence-corrected chi connectivity index (χ1v) is 7.51. The first-order chi connectivity index (χ1) is 11.6. The third-order valence-electron chi connectivity index (χ3n) is 4.06. The fraction of sp³-hybridized carbons (Fsp3) is 0.158. The Morgan fingerprint density at radius 1 is 1.46 bits per heavy atom. The normalized spacial score (nSPS) is 17.4. The lowest BCUT2D eigenvalue weighted by Crippen LogP contribution is -2.07. The van der Waals surface area contributed by atoms with Crippen LogP contribution in [0.2, 0.25) is 0 Å². The molecule has 0 amide bonds. The zero-order valence-corrected chi connectivity index (χ0v) is 13.1. The number of ether oxygens (including phenoxy) is 1. The molecule has 1 aromatic carbocycles. The van der Waals surface area contributed by atoms with Crippen molar-refractivity contribution in [1.29, 1.82) is 5.26 Å². The lowest BCUT2D eigenvalue weighted by Gasteiger charge is -2.18. The van der Waals surface area contributed by atoms with Crippen molar-refractivity contribution in [2.75, 3.05) is 7.11 Å². The Balaban J connectivity index is 2.09. The molecule has 0 bridgehead atoms. The highest BCUT2D eigenvalue weighted by Crippen LogP contribution is 2.30. The Kier molecular flexibility index (Phi) is 4.21. The van der Waals surface area contributed by atoms with Crippen LogP contribution in [0.5, 0.6) is 0 Å². The number of rotatable bonds is 4. The second-order valence-corrected chi connectivity index (χ2v) is 5.46. The Morgan fingerprint density at radius 3 is 2.88 bits per heavy atom. The number of nitriles is 1. The van der Waals surface area contributed by atoms with Crippen LogP contribution >= 0.6 is 0 Å². The molecular formula is C19H16N2O3. The van der Waals surface area contributed by atoms with Gasteiger partial charge < -0.3 is 14.4 Å². The van der Waals surface area contributed by atoms with E-state index in [1.54, 1.807) is 13.2 Å². The molecular weight excluding hydrogens is 304 g/mol. The summed E-state index contributed by atoms with van der Waals surface area (Å²) in [5.74, 6) is -0.389. The number of carboxylic acid groups (broad SMARTS) is 1. The van der Waals surface area contributed by atoms with Crippen LogP contribution in [-0.4, -0.2) is 22.8 Å². The highest BCUT2D eigenvalue weighted by Gasteiger charge is 2.16. The van der Waals surface area contributed by atoms with Crippen LogP contribution in [0, 0.1) is 11.3 Å². The summed E-state index contributed by atoms with van der Waals surface area (Å²) in [6.45, 7) is 0. The Bertz CT molecular complexity index is 926. The molecule has 5 heteroatoms. The molecule has 0 aliphatic heterocycles. The minimum atomic E-state index is -1.22. The summed E-state index contributed by atoms with van der Waals surface area (Å²) in [5.41, 5.74) is 1.44. The molecule has 0 saturated carbocycles. The number of carbonyl (C=O) groups is 1. The van der Waals surface area contributed by atoms with Crippen molar-refractivity contribution in [2.45, 2.75) is 12.5 Å². The Hall–Kier alpha value is -3.26. The van der Waals surface area contributed by atoms with Crippen molar-refractivity contribution in [3.63, 3.8) is 0 Å². The Labute approximate surface area is 139 Å². The second-order valence-electron chi connectivity index (χ2n) is 5.46. The molecule has 1 N–H and O–H groups in total. The van der Waals surface area contributed by atoms with Gasteiger partial charge >= 0.3 is 5.97 Å². The summed E-state index contributed by atoms with van der Waals surface area (Å²) in [6, 6.07) is 9.60. The maximum atomic E-state index is 11.1. The highest BCUT2D eigenvalue weighted by atomic mass is 16.5. The average molecular weight is 320 g/mol. The van der Waals surface area contributed by atoms with Gasteiger partial charge in [-0.3, -0.25) is 0 Å². The van der Waals surface area contributed by atoms with E-state index in [0.29, 0.717) is 0 Å². The topological polar surface area (TPSA) is 75.2 Å². The number of nitrogens with zero attached hydrogens (tertiary/aromatic N) is 2. The van der Waals surface area contributed by atoms with E-state index in [2.05, 4.69) is 10.6 Å². The fourth-order valence-electron chi connectivity index (χ4n) is 2.87. The van der Waals surface area contributed by atoms with Gasteiger partial charge in [0.25, 0.3) is 0 Å². The van der Waals surface area contributed by atoms with Crippen LogP contribution < -0.4 is 0 Å². The molecule has 0 saturated heterocycles. The minimum absolute atomic E-state index is 0.117. The molecule has 1 heterocycles. The molecule has 0 spiro atoms. The van der Waals surface area contributed by atoms with Crippen molar-refractivity contribution in [3.05, 3.63) is 65.6 Å². The monoisotopic (exact) mass is 320 g/mol. The summed E-state index contributed by atoms with van der Waals surface area (Å²) < 4.78 is 7.31. The average Bonchev–Trinajstić information content (AvgIpc) is 2.98. The summed E-state index contributed by atoms with van der Waals surface area (Å²) in [5, 5.41) is 19.0. The largest absolute Gasteiger partial charge is 0.497 e. The van der Waals surface area contributed by atoms with E-state index < -0.39 is 5.97 Å². The van der Waals surface area contributed by atoms with Crippen molar-refractivity contribution < 1.29 is 14.6 Å². The number of carboxylic acids is 1. The number of fused-ring (bicyclic) bond motifs is 1. The smallest absolute Gasteiger partial charge is 0.346 e. The number of methoxy groups -OCH3 is 1. The number of benzene rings is 1. The molecule has 1 aliphatic rings. The van der Waals surface area contributed by atoms with Crippen molar-refractivity contribution >= 4 is 22.9 Å². The third-order valence-corrected chi connectivity index (χ3v) is 4.06. The van der Waals surface area contributed by atoms with Gasteiger partial charge in [-0.1, -0.05) is 24.3 Å².